The van der Waals surface area contributed by atoms with Gasteiger partial charge in [0.1, 0.15) is 0 Å². The molecule has 4 aromatic heterocycles. The Labute approximate surface area is 220 Å². The standard InChI is InChI=1S/C27H20ClN4.ClHO4/c28-23-9-7-20(8-10-23)19-32-15-11-21(12-16-32)22-17-26(24-5-1-3-13-29-24)31-27(18-22)25-6-2-4-14-30-25;2-1(3,4)5/h1-18H,19H2;(H,2,3,4,5)/q+1;/p-1. The van der Waals surface area contributed by atoms with Crippen molar-refractivity contribution >= 4 is 11.6 Å². The molecule has 0 saturated carbocycles. The lowest BCUT2D eigenvalue weighted by molar-refractivity contribution is -2.00. The van der Waals surface area contributed by atoms with E-state index in [9.17, 15) is 0 Å². The Kier molecular flexibility index (Phi) is 8.52. The summed E-state index contributed by atoms with van der Waals surface area (Å²) in [6, 6.07) is 28.0. The normalized spacial score (nSPS) is 10.9. The first-order valence-corrected chi connectivity index (χ1v) is 12.6. The molecule has 0 aliphatic rings. The molecule has 0 saturated heterocycles. The number of nitrogens with zero attached hydrogens (tertiary/aromatic N) is 4. The molecule has 10 heteroatoms. The van der Waals surface area contributed by atoms with Gasteiger partial charge in [-0.05, 0) is 59.7 Å². The summed E-state index contributed by atoms with van der Waals surface area (Å²) in [7, 11) is -4.94. The minimum absolute atomic E-state index is 0.749. The summed E-state index contributed by atoms with van der Waals surface area (Å²) in [5, 5.41) is 0.749. The van der Waals surface area contributed by atoms with Crippen LogP contribution >= 0.6 is 11.6 Å². The van der Waals surface area contributed by atoms with Crippen LogP contribution in [0.2, 0.25) is 5.02 Å². The second kappa shape index (κ2) is 12.0. The monoisotopic (exact) mass is 534 g/mol. The molecule has 186 valence electrons. The zero-order chi connectivity index (χ0) is 26.3. The average Bonchev–Trinajstić information content (AvgIpc) is 2.90. The van der Waals surface area contributed by atoms with Crippen molar-refractivity contribution in [2.75, 3.05) is 0 Å². The van der Waals surface area contributed by atoms with E-state index in [0.29, 0.717) is 0 Å². The minimum atomic E-state index is -4.94. The molecule has 0 aliphatic heterocycles. The van der Waals surface area contributed by atoms with Crippen molar-refractivity contribution in [1.82, 2.24) is 15.0 Å². The molecule has 0 N–H and O–H groups in total. The average molecular weight is 535 g/mol. The first-order chi connectivity index (χ1) is 17.7. The van der Waals surface area contributed by atoms with Gasteiger partial charge in [-0.2, -0.15) is 0 Å². The van der Waals surface area contributed by atoms with Crippen molar-refractivity contribution in [2.24, 2.45) is 0 Å². The van der Waals surface area contributed by atoms with Gasteiger partial charge in [-0.25, -0.2) is 28.2 Å². The van der Waals surface area contributed by atoms with Crippen molar-refractivity contribution in [3.63, 3.8) is 0 Å². The third-order valence-electron chi connectivity index (χ3n) is 5.18. The predicted molar refractivity (Wildman–Crippen MR) is 127 cm³/mol. The molecular formula is C27H20Cl2N4O4. The van der Waals surface area contributed by atoms with Crippen LogP contribution in [0.4, 0.5) is 0 Å². The summed E-state index contributed by atoms with van der Waals surface area (Å²) in [4.78, 5) is 13.8. The van der Waals surface area contributed by atoms with E-state index in [0.717, 1.165) is 45.5 Å². The number of benzene rings is 1. The lowest BCUT2D eigenvalue weighted by atomic mass is 10.0. The van der Waals surface area contributed by atoms with Gasteiger partial charge < -0.3 is 0 Å². The largest absolute Gasteiger partial charge is 0.255 e. The number of halogens is 2. The topological polar surface area (TPSA) is 135 Å². The van der Waals surface area contributed by atoms with Gasteiger partial charge in [0.15, 0.2) is 18.9 Å². The fourth-order valence-electron chi connectivity index (χ4n) is 3.54. The van der Waals surface area contributed by atoms with Gasteiger partial charge in [-0.3, -0.25) is 9.97 Å². The van der Waals surface area contributed by atoms with E-state index in [1.807, 2.05) is 60.7 Å². The van der Waals surface area contributed by atoms with Crippen LogP contribution in [0.15, 0.2) is 110 Å². The zero-order valence-electron chi connectivity index (χ0n) is 19.3. The van der Waals surface area contributed by atoms with Crippen LogP contribution < -0.4 is 23.2 Å². The summed E-state index contributed by atoms with van der Waals surface area (Å²) >= 11 is 6.00. The Bertz CT molecular complexity index is 1370. The van der Waals surface area contributed by atoms with Crippen LogP contribution in [0.3, 0.4) is 0 Å². The van der Waals surface area contributed by atoms with Gasteiger partial charge in [0.25, 0.3) is 0 Å². The first-order valence-electron chi connectivity index (χ1n) is 11.0. The van der Waals surface area contributed by atoms with Crippen LogP contribution in [0, 0.1) is 10.2 Å². The zero-order valence-corrected chi connectivity index (χ0v) is 20.8. The highest BCUT2D eigenvalue weighted by molar-refractivity contribution is 6.30. The number of pyridine rings is 4. The van der Waals surface area contributed by atoms with Crippen LogP contribution in [0.5, 0.6) is 0 Å². The Balaban J connectivity index is 0.000000586. The van der Waals surface area contributed by atoms with Gasteiger partial charge in [-0.1, -0.05) is 35.9 Å². The molecule has 1 aromatic carbocycles. The van der Waals surface area contributed by atoms with Crippen molar-refractivity contribution in [2.45, 2.75) is 6.54 Å². The highest BCUT2D eigenvalue weighted by Gasteiger charge is 2.11. The smallest absolute Gasteiger partial charge is 0.173 e. The Morgan fingerprint density at radius 3 is 1.62 bits per heavy atom. The molecular weight excluding hydrogens is 515 g/mol. The van der Waals surface area contributed by atoms with E-state index < -0.39 is 10.2 Å². The summed E-state index contributed by atoms with van der Waals surface area (Å²) in [6.45, 7) is 0.784. The summed E-state index contributed by atoms with van der Waals surface area (Å²) in [5.41, 5.74) is 6.68. The number of aromatic nitrogens is 4. The first kappa shape index (κ1) is 26.3. The maximum absolute atomic E-state index is 8.49. The van der Waals surface area contributed by atoms with E-state index in [1.54, 1.807) is 12.4 Å². The summed E-state index contributed by atoms with van der Waals surface area (Å²) in [5.74, 6) is 0. The SMILES string of the molecule is Clc1ccc(C[n+]2ccc(-c3cc(-c4ccccn4)nc(-c4ccccn4)c3)cc2)cc1.[O-][Cl+3]([O-])([O-])[O-]. The molecule has 0 atom stereocenters. The van der Waals surface area contributed by atoms with Crippen LogP contribution in [0.1, 0.15) is 5.56 Å². The summed E-state index contributed by atoms with van der Waals surface area (Å²) in [6.07, 6.45) is 7.75. The molecule has 5 rings (SSSR count). The number of hydrogen-bond donors (Lipinski definition) is 0. The van der Waals surface area contributed by atoms with Gasteiger partial charge in [0.2, 0.25) is 0 Å². The molecule has 0 fully saturated rings. The third kappa shape index (κ3) is 8.12. The van der Waals surface area contributed by atoms with Gasteiger partial charge in [-0.15, -0.1) is 10.2 Å². The third-order valence-corrected chi connectivity index (χ3v) is 5.43. The van der Waals surface area contributed by atoms with E-state index in [2.05, 4.69) is 51.2 Å². The lowest BCUT2D eigenvalue weighted by Gasteiger charge is -2.17. The van der Waals surface area contributed by atoms with Crippen LogP contribution in [-0.2, 0) is 6.54 Å². The van der Waals surface area contributed by atoms with E-state index in [1.165, 1.54) is 5.56 Å². The van der Waals surface area contributed by atoms with Crippen LogP contribution in [-0.4, -0.2) is 15.0 Å². The van der Waals surface area contributed by atoms with Crippen molar-refractivity contribution in [3.8, 4) is 33.9 Å². The molecule has 0 aliphatic carbocycles. The maximum atomic E-state index is 8.49. The minimum Gasteiger partial charge on any atom is -0.255 e. The number of hydrogen-bond acceptors (Lipinski definition) is 7. The molecule has 0 radical (unpaired) electrons. The highest BCUT2D eigenvalue weighted by atomic mass is 35.7. The predicted octanol–water partition coefficient (Wildman–Crippen LogP) is 1.11. The fourth-order valence-corrected chi connectivity index (χ4v) is 3.67. The van der Waals surface area contributed by atoms with Crippen molar-refractivity contribution < 1.29 is 33.4 Å². The quantitative estimate of drug-likeness (QED) is 0.308. The van der Waals surface area contributed by atoms with Crippen LogP contribution in [0.25, 0.3) is 33.9 Å². The summed E-state index contributed by atoms with van der Waals surface area (Å²) < 4.78 is 36.1. The highest BCUT2D eigenvalue weighted by Crippen LogP contribution is 2.28. The Morgan fingerprint density at radius 1 is 0.649 bits per heavy atom. The molecule has 0 spiro atoms. The van der Waals surface area contributed by atoms with Gasteiger partial charge >= 0.3 is 0 Å². The second-order valence-electron chi connectivity index (χ2n) is 7.82. The van der Waals surface area contributed by atoms with E-state index in [-0.39, 0.29) is 0 Å². The van der Waals surface area contributed by atoms with Gasteiger partial charge in [0, 0.05) is 35.1 Å². The fraction of sp³-hybridized carbons (Fsp3) is 0.0370. The molecule has 5 aromatic rings. The Hall–Kier alpha value is -3.76. The molecule has 0 unspecified atom stereocenters. The molecule has 0 bridgehead atoms. The van der Waals surface area contributed by atoms with Crippen molar-refractivity contribution in [3.05, 3.63) is 120 Å². The van der Waals surface area contributed by atoms with E-state index >= 15 is 0 Å². The molecule has 8 nitrogen and oxygen atoms in total. The van der Waals surface area contributed by atoms with Crippen molar-refractivity contribution in [1.29, 1.82) is 0 Å². The van der Waals surface area contributed by atoms with E-state index in [4.69, 9.17) is 35.2 Å². The molecule has 4 heterocycles. The second-order valence-corrected chi connectivity index (χ2v) is 9.01. The number of rotatable bonds is 5. The van der Waals surface area contributed by atoms with Gasteiger partial charge in [0.05, 0.1) is 22.8 Å². The maximum Gasteiger partial charge on any atom is 0.173 e. The lowest BCUT2D eigenvalue weighted by Crippen LogP contribution is -2.68. The molecule has 37 heavy (non-hydrogen) atoms. The Morgan fingerprint density at radius 2 is 1.16 bits per heavy atom. The molecule has 0 amide bonds.